The molecule has 1 aliphatic rings. The molecule has 1 saturated carbocycles. The predicted octanol–water partition coefficient (Wildman–Crippen LogP) is 3.42. The Labute approximate surface area is 156 Å². The summed E-state index contributed by atoms with van der Waals surface area (Å²) < 4.78 is 6.58. The molecule has 3 rings (SSSR count). The summed E-state index contributed by atoms with van der Waals surface area (Å²) in [6.07, 6.45) is 0.130. The average Bonchev–Trinajstić information content (AvgIpc) is 3.39. The fourth-order valence-electron chi connectivity index (χ4n) is 2.90. The number of hydrogen-bond donors (Lipinski definition) is 2. The van der Waals surface area contributed by atoms with Gasteiger partial charge in [-0.05, 0) is 54.7 Å². The molecule has 0 radical (unpaired) electrons. The van der Waals surface area contributed by atoms with E-state index in [0.717, 1.165) is 22.2 Å². The maximum Gasteiger partial charge on any atom is 0.223 e. The number of aryl methyl sites for hydroxylation is 1. The molecule has 2 N–H and O–H groups in total. The van der Waals surface area contributed by atoms with E-state index in [1.165, 1.54) is 5.56 Å². The first-order valence-corrected chi connectivity index (χ1v) is 9.23. The van der Waals surface area contributed by atoms with Crippen LogP contribution in [0.4, 0.5) is 0 Å². The molecule has 1 amide bonds. The largest absolute Gasteiger partial charge is 0.491 e. The van der Waals surface area contributed by atoms with Gasteiger partial charge in [0.05, 0.1) is 0 Å². The molecule has 2 aromatic rings. The lowest BCUT2D eigenvalue weighted by Gasteiger charge is -2.13. The molecule has 0 aliphatic heterocycles. The molecular formula is C20H22BrNO3. The first kappa shape index (κ1) is 18.0. The summed E-state index contributed by atoms with van der Waals surface area (Å²) >= 11 is 3.46. The summed E-state index contributed by atoms with van der Waals surface area (Å²) in [5.74, 6) is 0.999. The van der Waals surface area contributed by atoms with Crippen molar-refractivity contribution in [3.63, 3.8) is 0 Å². The van der Waals surface area contributed by atoms with Crippen LogP contribution in [-0.4, -0.2) is 30.3 Å². The van der Waals surface area contributed by atoms with Gasteiger partial charge in [-0.15, -0.1) is 0 Å². The van der Waals surface area contributed by atoms with E-state index in [1.807, 2.05) is 49.4 Å². The Balaban J connectivity index is 1.40. The lowest BCUT2D eigenvalue weighted by Crippen LogP contribution is -2.36. The van der Waals surface area contributed by atoms with E-state index in [2.05, 4.69) is 27.3 Å². The summed E-state index contributed by atoms with van der Waals surface area (Å²) in [6.45, 7) is 2.34. The number of carbonyl (C=O) groups excluding carboxylic acids is 1. The minimum Gasteiger partial charge on any atom is -0.491 e. The van der Waals surface area contributed by atoms with Crippen LogP contribution in [0.15, 0.2) is 53.0 Å². The number of nitrogens with one attached hydrogen (secondary N) is 1. The highest BCUT2D eigenvalue weighted by Crippen LogP contribution is 2.47. The summed E-state index contributed by atoms with van der Waals surface area (Å²) in [6, 6.07) is 15.7. The molecule has 0 saturated heterocycles. The predicted molar refractivity (Wildman–Crippen MR) is 101 cm³/mol. The van der Waals surface area contributed by atoms with Gasteiger partial charge in [0.25, 0.3) is 0 Å². The highest BCUT2D eigenvalue weighted by atomic mass is 79.9. The second-order valence-corrected chi connectivity index (χ2v) is 7.45. The number of halogens is 1. The van der Waals surface area contributed by atoms with E-state index >= 15 is 0 Å². The lowest BCUT2D eigenvalue weighted by atomic mass is 10.1. The third-order valence-electron chi connectivity index (χ3n) is 4.35. The van der Waals surface area contributed by atoms with Crippen molar-refractivity contribution in [3.05, 3.63) is 64.1 Å². The van der Waals surface area contributed by atoms with Crippen LogP contribution in [0.25, 0.3) is 0 Å². The fourth-order valence-corrected chi connectivity index (χ4v) is 3.31. The zero-order valence-corrected chi connectivity index (χ0v) is 15.7. The van der Waals surface area contributed by atoms with Crippen LogP contribution >= 0.6 is 15.9 Å². The zero-order chi connectivity index (χ0) is 17.8. The summed E-state index contributed by atoms with van der Waals surface area (Å²) in [5.41, 5.74) is 2.28. The van der Waals surface area contributed by atoms with E-state index in [0.29, 0.717) is 0 Å². The highest BCUT2D eigenvalue weighted by Gasteiger charge is 2.43. The molecule has 2 aromatic carbocycles. The van der Waals surface area contributed by atoms with Crippen molar-refractivity contribution in [2.24, 2.45) is 5.92 Å². The minimum absolute atomic E-state index is 0.000388. The Morgan fingerprint density at radius 3 is 2.88 bits per heavy atom. The van der Waals surface area contributed by atoms with Gasteiger partial charge in [-0.25, -0.2) is 0 Å². The van der Waals surface area contributed by atoms with Gasteiger partial charge in [0, 0.05) is 16.9 Å². The molecule has 3 atom stereocenters. The molecule has 0 bridgehead atoms. The van der Waals surface area contributed by atoms with Crippen LogP contribution < -0.4 is 10.1 Å². The number of aliphatic hydroxyl groups is 1. The fraction of sp³-hybridized carbons (Fsp3) is 0.350. The zero-order valence-electron chi connectivity index (χ0n) is 14.1. The van der Waals surface area contributed by atoms with Gasteiger partial charge >= 0.3 is 0 Å². The van der Waals surface area contributed by atoms with E-state index in [9.17, 15) is 9.90 Å². The molecule has 1 aliphatic carbocycles. The number of ether oxygens (including phenoxy) is 1. The number of benzene rings is 2. The molecule has 25 heavy (non-hydrogen) atoms. The second-order valence-electron chi connectivity index (χ2n) is 6.53. The van der Waals surface area contributed by atoms with Gasteiger partial charge in [0.1, 0.15) is 18.5 Å². The molecule has 3 unspecified atom stereocenters. The van der Waals surface area contributed by atoms with Gasteiger partial charge in [-0.2, -0.15) is 0 Å². The minimum atomic E-state index is -0.729. The van der Waals surface area contributed by atoms with Gasteiger partial charge in [0.15, 0.2) is 0 Å². The number of aliphatic hydroxyl groups excluding tert-OH is 1. The van der Waals surface area contributed by atoms with Crippen molar-refractivity contribution in [2.45, 2.75) is 25.4 Å². The van der Waals surface area contributed by atoms with Crippen LogP contribution in [-0.2, 0) is 4.79 Å². The molecule has 1 fully saturated rings. The van der Waals surface area contributed by atoms with Crippen molar-refractivity contribution in [1.29, 1.82) is 0 Å². The smallest absolute Gasteiger partial charge is 0.223 e. The number of carbonyl (C=O) groups is 1. The van der Waals surface area contributed by atoms with E-state index in [1.54, 1.807) is 0 Å². The van der Waals surface area contributed by atoms with Crippen LogP contribution in [0, 0.1) is 12.8 Å². The van der Waals surface area contributed by atoms with Crippen molar-refractivity contribution >= 4 is 21.8 Å². The molecule has 5 heteroatoms. The van der Waals surface area contributed by atoms with E-state index in [-0.39, 0.29) is 30.9 Å². The maximum atomic E-state index is 12.2. The van der Waals surface area contributed by atoms with E-state index < -0.39 is 6.10 Å². The Kier molecular flexibility index (Phi) is 5.76. The average molecular weight is 404 g/mol. The Morgan fingerprint density at radius 2 is 2.12 bits per heavy atom. The van der Waals surface area contributed by atoms with Crippen LogP contribution in [0.1, 0.15) is 23.5 Å². The maximum absolute atomic E-state index is 12.2. The van der Waals surface area contributed by atoms with Gasteiger partial charge < -0.3 is 15.2 Å². The standard InChI is InChI=1S/C20H22BrNO3/c1-13-4-2-7-17(8-13)25-12-16(23)11-22-20(24)19-10-18(19)14-5-3-6-15(21)9-14/h2-9,16,18-19,23H,10-12H2,1H3,(H,22,24). The second kappa shape index (κ2) is 8.02. The van der Waals surface area contributed by atoms with Crippen molar-refractivity contribution in [3.8, 4) is 5.75 Å². The number of amides is 1. The molecule has 4 nitrogen and oxygen atoms in total. The highest BCUT2D eigenvalue weighted by molar-refractivity contribution is 9.10. The molecule has 132 valence electrons. The Hall–Kier alpha value is -1.85. The molecule has 0 spiro atoms. The third kappa shape index (κ3) is 5.06. The normalized spacial score (nSPS) is 20.0. The summed E-state index contributed by atoms with van der Waals surface area (Å²) in [4.78, 5) is 12.2. The quantitative estimate of drug-likeness (QED) is 0.744. The lowest BCUT2D eigenvalue weighted by molar-refractivity contribution is -0.122. The van der Waals surface area contributed by atoms with Crippen molar-refractivity contribution < 1.29 is 14.6 Å². The van der Waals surface area contributed by atoms with Crippen LogP contribution in [0.3, 0.4) is 0 Å². The molecule has 0 aromatic heterocycles. The van der Waals surface area contributed by atoms with Gasteiger partial charge in [-0.1, -0.05) is 40.2 Å². The molecule has 0 heterocycles. The Morgan fingerprint density at radius 1 is 1.32 bits per heavy atom. The van der Waals surface area contributed by atoms with Crippen LogP contribution in [0.2, 0.25) is 0 Å². The number of hydrogen-bond acceptors (Lipinski definition) is 3. The van der Waals surface area contributed by atoms with Crippen LogP contribution in [0.5, 0.6) is 5.75 Å². The first-order chi connectivity index (χ1) is 12.0. The van der Waals surface area contributed by atoms with Gasteiger partial charge in [-0.3, -0.25) is 4.79 Å². The summed E-state index contributed by atoms with van der Waals surface area (Å²) in [7, 11) is 0. The van der Waals surface area contributed by atoms with Crippen molar-refractivity contribution in [2.75, 3.05) is 13.2 Å². The summed E-state index contributed by atoms with van der Waals surface area (Å²) in [5, 5.41) is 12.8. The van der Waals surface area contributed by atoms with E-state index in [4.69, 9.17) is 4.74 Å². The van der Waals surface area contributed by atoms with Gasteiger partial charge in [0.2, 0.25) is 5.91 Å². The first-order valence-electron chi connectivity index (χ1n) is 8.43. The topological polar surface area (TPSA) is 58.6 Å². The van der Waals surface area contributed by atoms with Crippen molar-refractivity contribution in [1.82, 2.24) is 5.32 Å². The SMILES string of the molecule is Cc1cccc(OCC(O)CNC(=O)C2CC2c2cccc(Br)c2)c1. The monoisotopic (exact) mass is 403 g/mol. The molecular weight excluding hydrogens is 382 g/mol. The number of rotatable bonds is 7. The third-order valence-corrected chi connectivity index (χ3v) is 4.84. The Bertz CT molecular complexity index is 749.